The summed E-state index contributed by atoms with van der Waals surface area (Å²) in [6, 6.07) is 23.7. The Labute approximate surface area is 220 Å². The Bertz CT molecular complexity index is 1190. The Morgan fingerprint density at radius 2 is 1.61 bits per heavy atom. The molecule has 1 heterocycles. The zero-order chi connectivity index (χ0) is 24.4. The molecule has 36 heavy (non-hydrogen) atoms. The molecule has 0 saturated heterocycles. The molecule has 0 N–H and O–H groups in total. The standard InChI is InChI=1S/C31H34FNO2.ClH/c1-22-8-3-4-9-26(22)30-27-10-5-6-11-28(27)31(35-30)19-17-25(18-20-31)33(2)21-7-12-29(34)23-13-15-24(32)16-14-23;/h3-6,8-11,13-16,25,30H,7,12,17-21H2,1-2H3;1H/t25?,30-,31?;/m1./s1. The van der Waals surface area contributed by atoms with Crippen LogP contribution in [0.25, 0.3) is 0 Å². The van der Waals surface area contributed by atoms with Gasteiger partial charge in [-0.15, -0.1) is 12.4 Å². The van der Waals surface area contributed by atoms with Crippen LogP contribution >= 0.6 is 12.4 Å². The van der Waals surface area contributed by atoms with Crippen molar-refractivity contribution in [1.29, 1.82) is 0 Å². The van der Waals surface area contributed by atoms with Crippen LogP contribution in [0.3, 0.4) is 0 Å². The maximum absolute atomic E-state index is 13.1. The summed E-state index contributed by atoms with van der Waals surface area (Å²) in [4.78, 5) is 14.8. The maximum Gasteiger partial charge on any atom is 0.162 e. The second kappa shape index (κ2) is 11.2. The number of carbonyl (C=O) groups excluding carboxylic acids is 1. The van der Waals surface area contributed by atoms with Crippen LogP contribution in [0.1, 0.15) is 77.2 Å². The second-order valence-electron chi connectivity index (χ2n) is 10.2. The summed E-state index contributed by atoms with van der Waals surface area (Å²) in [5, 5.41) is 0. The maximum atomic E-state index is 13.1. The molecule has 5 rings (SSSR count). The van der Waals surface area contributed by atoms with Gasteiger partial charge in [0.25, 0.3) is 0 Å². The van der Waals surface area contributed by atoms with E-state index in [1.165, 1.54) is 34.4 Å². The van der Waals surface area contributed by atoms with Crippen molar-refractivity contribution in [2.24, 2.45) is 0 Å². The van der Waals surface area contributed by atoms with Crippen molar-refractivity contribution in [3.63, 3.8) is 0 Å². The van der Waals surface area contributed by atoms with Gasteiger partial charge >= 0.3 is 0 Å². The summed E-state index contributed by atoms with van der Waals surface area (Å²) < 4.78 is 20.0. The lowest BCUT2D eigenvalue weighted by atomic mass is 9.77. The lowest BCUT2D eigenvalue weighted by Crippen LogP contribution is -2.41. The first-order valence-corrected chi connectivity index (χ1v) is 12.8. The predicted molar refractivity (Wildman–Crippen MR) is 144 cm³/mol. The summed E-state index contributed by atoms with van der Waals surface area (Å²) in [6.07, 6.45) is 5.48. The molecule has 2 aliphatic rings. The molecule has 3 nitrogen and oxygen atoms in total. The number of hydrogen-bond donors (Lipinski definition) is 0. The van der Waals surface area contributed by atoms with Gasteiger partial charge in [-0.05, 0) is 99.1 Å². The SMILES string of the molecule is Cc1ccccc1[C@H]1OC2(CCC(N(C)CCCC(=O)c3ccc(F)cc3)CC2)c2ccccc21.Cl. The molecule has 3 aromatic carbocycles. The van der Waals surface area contributed by atoms with Crippen LogP contribution < -0.4 is 0 Å². The summed E-state index contributed by atoms with van der Waals surface area (Å²) in [5.74, 6) is -0.227. The number of benzene rings is 3. The minimum atomic E-state index is -0.310. The Morgan fingerprint density at radius 1 is 0.972 bits per heavy atom. The zero-order valence-corrected chi connectivity index (χ0v) is 21.9. The zero-order valence-electron chi connectivity index (χ0n) is 21.1. The average Bonchev–Trinajstić information content (AvgIpc) is 3.19. The smallest absolute Gasteiger partial charge is 0.162 e. The predicted octanol–water partition coefficient (Wildman–Crippen LogP) is 7.41. The quantitative estimate of drug-likeness (QED) is 0.312. The van der Waals surface area contributed by atoms with Crippen molar-refractivity contribution in [3.05, 3.63) is 106 Å². The van der Waals surface area contributed by atoms with Gasteiger partial charge in [0.05, 0.1) is 5.60 Å². The molecule has 1 atom stereocenters. The number of nitrogens with zero attached hydrogens (tertiary/aromatic N) is 1. The van der Waals surface area contributed by atoms with Gasteiger partial charge in [0.2, 0.25) is 0 Å². The third kappa shape index (κ3) is 5.27. The first kappa shape index (κ1) is 26.5. The Hall–Kier alpha value is -2.53. The number of Topliss-reactive ketones (excluding diaryl/α,β-unsaturated/α-hetero) is 1. The molecule has 0 radical (unpaired) electrons. The van der Waals surface area contributed by atoms with Crippen molar-refractivity contribution in [2.75, 3.05) is 13.6 Å². The fourth-order valence-electron chi connectivity index (χ4n) is 5.95. The minimum Gasteiger partial charge on any atom is -0.358 e. The third-order valence-electron chi connectivity index (χ3n) is 8.02. The largest absolute Gasteiger partial charge is 0.358 e. The lowest BCUT2D eigenvalue weighted by molar-refractivity contribution is -0.0944. The van der Waals surface area contributed by atoms with E-state index in [2.05, 4.69) is 67.4 Å². The lowest BCUT2D eigenvalue weighted by Gasteiger charge is -2.41. The van der Waals surface area contributed by atoms with Crippen molar-refractivity contribution in [3.8, 4) is 0 Å². The molecule has 5 heteroatoms. The highest BCUT2D eigenvalue weighted by Gasteiger charge is 2.47. The minimum absolute atomic E-state index is 0. The van der Waals surface area contributed by atoms with E-state index in [1.54, 1.807) is 12.1 Å². The number of hydrogen-bond acceptors (Lipinski definition) is 3. The topological polar surface area (TPSA) is 29.5 Å². The van der Waals surface area contributed by atoms with Gasteiger partial charge in [-0.3, -0.25) is 4.79 Å². The monoisotopic (exact) mass is 507 g/mol. The van der Waals surface area contributed by atoms with Gasteiger partial charge in [-0.25, -0.2) is 4.39 Å². The molecule has 1 aliphatic heterocycles. The summed E-state index contributed by atoms with van der Waals surface area (Å²) in [7, 11) is 2.17. The molecule has 1 saturated carbocycles. The number of halogens is 2. The summed E-state index contributed by atoms with van der Waals surface area (Å²) >= 11 is 0. The van der Waals surface area contributed by atoms with Gasteiger partial charge in [0, 0.05) is 18.0 Å². The van der Waals surface area contributed by atoms with Crippen molar-refractivity contribution < 1.29 is 13.9 Å². The molecule has 0 amide bonds. The molecule has 1 aliphatic carbocycles. The number of rotatable bonds is 7. The van der Waals surface area contributed by atoms with Gasteiger partial charge in [0.1, 0.15) is 11.9 Å². The van der Waals surface area contributed by atoms with Crippen molar-refractivity contribution >= 4 is 18.2 Å². The van der Waals surface area contributed by atoms with E-state index in [-0.39, 0.29) is 35.7 Å². The molecular weight excluding hydrogens is 473 g/mol. The van der Waals surface area contributed by atoms with Crippen LogP contribution in [0, 0.1) is 12.7 Å². The molecule has 190 valence electrons. The number of carbonyl (C=O) groups is 1. The van der Waals surface area contributed by atoms with E-state index in [4.69, 9.17) is 4.74 Å². The normalized spacial score (nSPS) is 22.9. The molecule has 0 aromatic heterocycles. The molecule has 0 unspecified atom stereocenters. The molecular formula is C31H35ClFNO2. The summed E-state index contributed by atoms with van der Waals surface area (Å²) in [5.41, 5.74) is 5.59. The van der Waals surface area contributed by atoms with Crippen LogP contribution in [0.15, 0.2) is 72.8 Å². The average molecular weight is 508 g/mol. The third-order valence-corrected chi connectivity index (χ3v) is 8.02. The number of fused-ring (bicyclic) bond motifs is 2. The first-order chi connectivity index (χ1) is 17.0. The highest BCUT2D eigenvalue weighted by molar-refractivity contribution is 5.95. The van der Waals surface area contributed by atoms with Crippen LogP contribution in [-0.2, 0) is 10.3 Å². The fourth-order valence-corrected chi connectivity index (χ4v) is 5.95. The highest BCUT2D eigenvalue weighted by atomic mass is 35.5. The van der Waals surface area contributed by atoms with Crippen molar-refractivity contribution in [2.45, 2.75) is 63.2 Å². The molecule has 1 fully saturated rings. The first-order valence-electron chi connectivity index (χ1n) is 12.8. The fraction of sp³-hybridized carbons (Fsp3) is 0.387. The number of ketones is 1. The molecule has 0 bridgehead atoms. The van der Waals surface area contributed by atoms with E-state index in [0.29, 0.717) is 18.0 Å². The van der Waals surface area contributed by atoms with Crippen LogP contribution in [0.4, 0.5) is 4.39 Å². The Kier molecular flexibility index (Phi) is 8.29. The van der Waals surface area contributed by atoms with Crippen LogP contribution in [-0.4, -0.2) is 30.3 Å². The Morgan fingerprint density at radius 3 is 2.31 bits per heavy atom. The van der Waals surface area contributed by atoms with E-state index < -0.39 is 0 Å². The van der Waals surface area contributed by atoms with Gasteiger partial charge < -0.3 is 9.64 Å². The van der Waals surface area contributed by atoms with Gasteiger partial charge in [0.15, 0.2) is 5.78 Å². The highest BCUT2D eigenvalue weighted by Crippen LogP contribution is 2.53. The van der Waals surface area contributed by atoms with E-state index in [1.807, 2.05) is 0 Å². The van der Waals surface area contributed by atoms with Gasteiger partial charge in [-0.2, -0.15) is 0 Å². The molecule has 3 aromatic rings. The number of ether oxygens (including phenoxy) is 1. The molecule has 1 spiro atoms. The van der Waals surface area contributed by atoms with E-state index in [0.717, 1.165) is 38.6 Å². The summed E-state index contributed by atoms with van der Waals surface area (Å²) in [6.45, 7) is 3.05. The van der Waals surface area contributed by atoms with Crippen molar-refractivity contribution in [1.82, 2.24) is 4.90 Å². The second-order valence-corrected chi connectivity index (χ2v) is 10.2. The Balaban J connectivity index is 0.00000304. The van der Waals surface area contributed by atoms with E-state index in [9.17, 15) is 9.18 Å². The van der Waals surface area contributed by atoms with Gasteiger partial charge in [-0.1, -0.05) is 48.5 Å². The number of aryl methyl sites for hydroxylation is 1. The van der Waals surface area contributed by atoms with Crippen LogP contribution in [0.5, 0.6) is 0 Å². The van der Waals surface area contributed by atoms with Crippen LogP contribution in [0.2, 0.25) is 0 Å². The van der Waals surface area contributed by atoms with E-state index >= 15 is 0 Å².